The highest BCUT2D eigenvalue weighted by Gasteiger charge is 2.09. The number of aromatic nitrogens is 1. The molecular weight excluding hydrogens is 332 g/mol. The monoisotopic (exact) mass is 352 g/mol. The molecule has 0 aliphatic carbocycles. The van der Waals surface area contributed by atoms with Gasteiger partial charge in [-0.25, -0.2) is 4.98 Å². The molecule has 3 rings (SSSR count). The maximum atomic E-state index is 12.0. The van der Waals surface area contributed by atoms with Gasteiger partial charge in [-0.05, 0) is 24.1 Å². The number of carbonyl (C=O) groups excluding carboxylic acids is 1. The number of para-hydroxylation sites is 1. The molecule has 128 valence electrons. The second-order valence-corrected chi connectivity index (χ2v) is 6.49. The van der Waals surface area contributed by atoms with Crippen molar-refractivity contribution >= 4 is 22.4 Å². The molecule has 0 atom stereocenters. The molecule has 1 heterocycles. The average Bonchev–Trinajstić information content (AvgIpc) is 3.10. The summed E-state index contributed by atoms with van der Waals surface area (Å²) < 4.78 is 5.43. The second-order valence-electron chi connectivity index (χ2n) is 5.63. The molecule has 1 aromatic heterocycles. The predicted molar refractivity (Wildman–Crippen MR) is 102 cm³/mol. The summed E-state index contributed by atoms with van der Waals surface area (Å²) in [5.41, 5.74) is 3.25. The third-order valence-corrected chi connectivity index (χ3v) is 4.41. The van der Waals surface area contributed by atoms with Crippen molar-refractivity contribution in [2.75, 3.05) is 11.9 Å². The lowest BCUT2D eigenvalue weighted by atomic mass is 10.1. The second kappa shape index (κ2) is 8.44. The smallest absolute Gasteiger partial charge is 0.264 e. The summed E-state index contributed by atoms with van der Waals surface area (Å²) in [6, 6.07) is 17.7. The van der Waals surface area contributed by atoms with E-state index in [4.69, 9.17) is 4.74 Å². The zero-order valence-electron chi connectivity index (χ0n) is 14.1. The average molecular weight is 352 g/mol. The number of carbonyl (C=O) groups is 1. The van der Waals surface area contributed by atoms with Crippen LogP contribution < -0.4 is 10.1 Å². The third kappa shape index (κ3) is 4.90. The number of nitrogens with one attached hydrogen (secondary N) is 1. The van der Waals surface area contributed by atoms with Gasteiger partial charge in [-0.1, -0.05) is 55.8 Å². The number of ether oxygens (including phenoxy) is 1. The molecule has 0 radical (unpaired) electrons. The largest absolute Gasteiger partial charge is 0.484 e. The van der Waals surface area contributed by atoms with E-state index in [1.807, 2.05) is 35.7 Å². The van der Waals surface area contributed by atoms with Crippen LogP contribution in [-0.4, -0.2) is 17.5 Å². The Balaban J connectivity index is 1.56. The van der Waals surface area contributed by atoms with E-state index in [1.165, 1.54) is 16.9 Å². The van der Waals surface area contributed by atoms with E-state index < -0.39 is 0 Å². The molecule has 0 bridgehead atoms. The quantitative estimate of drug-likeness (QED) is 0.666. The number of nitrogens with zero attached hydrogens (tertiary/aromatic N) is 1. The van der Waals surface area contributed by atoms with Crippen molar-refractivity contribution in [2.24, 2.45) is 0 Å². The van der Waals surface area contributed by atoms with Crippen LogP contribution in [-0.2, 0) is 11.2 Å². The first-order valence-corrected chi connectivity index (χ1v) is 9.15. The van der Waals surface area contributed by atoms with Crippen LogP contribution in [0, 0.1) is 0 Å². The predicted octanol–water partition coefficient (Wildman–Crippen LogP) is 4.78. The van der Waals surface area contributed by atoms with Crippen molar-refractivity contribution in [2.45, 2.75) is 19.8 Å². The fraction of sp³-hybridized carbons (Fsp3) is 0.200. The number of anilines is 1. The normalized spacial score (nSPS) is 10.4. The first-order chi connectivity index (χ1) is 12.2. The van der Waals surface area contributed by atoms with E-state index >= 15 is 0 Å². The number of hydrogen-bond donors (Lipinski definition) is 1. The highest BCUT2D eigenvalue weighted by molar-refractivity contribution is 7.14. The Morgan fingerprint density at radius 3 is 2.60 bits per heavy atom. The van der Waals surface area contributed by atoms with Gasteiger partial charge < -0.3 is 4.74 Å². The third-order valence-electron chi connectivity index (χ3n) is 3.65. The van der Waals surface area contributed by atoms with Crippen LogP contribution in [0.5, 0.6) is 5.75 Å². The van der Waals surface area contributed by atoms with Gasteiger partial charge in [-0.3, -0.25) is 10.1 Å². The first-order valence-electron chi connectivity index (χ1n) is 8.27. The fourth-order valence-corrected chi connectivity index (χ4v) is 3.15. The Bertz CT molecular complexity index is 813. The van der Waals surface area contributed by atoms with Crippen molar-refractivity contribution < 1.29 is 9.53 Å². The molecular formula is C20H20N2O2S. The van der Waals surface area contributed by atoms with Crippen molar-refractivity contribution in [1.82, 2.24) is 4.98 Å². The van der Waals surface area contributed by atoms with E-state index in [0.29, 0.717) is 10.9 Å². The number of thiazole rings is 1. The van der Waals surface area contributed by atoms with E-state index in [1.54, 1.807) is 0 Å². The van der Waals surface area contributed by atoms with Gasteiger partial charge in [0.15, 0.2) is 11.7 Å². The van der Waals surface area contributed by atoms with Crippen LogP contribution in [0.15, 0.2) is 60.0 Å². The molecule has 2 aromatic carbocycles. The highest BCUT2D eigenvalue weighted by atomic mass is 32.1. The Labute approximate surface area is 151 Å². The van der Waals surface area contributed by atoms with Crippen molar-refractivity contribution in [3.63, 3.8) is 0 Å². The van der Waals surface area contributed by atoms with E-state index in [9.17, 15) is 4.79 Å². The molecule has 0 saturated carbocycles. The van der Waals surface area contributed by atoms with Gasteiger partial charge in [0, 0.05) is 10.9 Å². The molecule has 3 aromatic rings. The van der Waals surface area contributed by atoms with Crippen LogP contribution in [0.3, 0.4) is 0 Å². The number of amides is 1. The van der Waals surface area contributed by atoms with Gasteiger partial charge in [-0.2, -0.15) is 0 Å². The number of hydrogen-bond acceptors (Lipinski definition) is 4. The van der Waals surface area contributed by atoms with E-state index in [0.717, 1.165) is 24.1 Å². The maximum Gasteiger partial charge on any atom is 0.264 e. The Hall–Kier alpha value is -2.66. The summed E-state index contributed by atoms with van der Waals surface area (Å²) in [7, 11) is 0. The SMILES string of the molecule is CCCc1ccc(-c2csc(NC(=O)COc3ccccc3)n2)cc1. The molecule has 4 nitrogen and oxygen atoms in total. The zero-order valence-corrected chi connectivity index (χ0v) is 14.9. The Morgan fingerprint density at radius 2 is 1.88 bits per heavy atom. The molecule has 0 aliphatic heterocycles. The fourth-order valence-electron chi connectivity index (χ4n) is 2.42. The van der Waals surface area contributed by atoms with Gasteiger partial charge in [0.25, 0.3) is 5.91 Å². The zero-order chi connectivity index (χ0) is 17.5. The molecule has 1 amide bonds. The molecule has 25 heavy (non-hydrogen) atoms. The van der Waals surface area contributed by atoms with Gasteiger partial charge >= 0.3 is 0 Å². The van der Waals surface area contributed by atoms with Crippen molar-refractivity contribution in [3.8, 4) is 17.0 Å². The highest BCUT2D eigenvalue weighted by Crippen LogP contribution is 2.25. The van der Waals surface area contributed by atoms with Crippen LogP contribution in [0.25, 0.3) is 11.3 Å². The standard InChI is InChI=1S/C20H20N2O2S/c1-2-6-15-9-11-16(12-10-15)18-14-25-20(21-18)22-19(23)13-24-17-7-4-3-5-8-17/h3-5,7-12,14H,2,6,13H2,1H3,(H,21,22,23). The number of rotatable bonds is 7. The van der Waals surface area contributed by atoms with Gasteiger partial charge in [0.2, 0.25) is 0 Å². The van der Waals surface area contributed by atoms with Gasteiger partial charge in [-0.15, -0.1) is 11.3 Å². The van der Waals surface area contributed by atoms with Crippen LogP contribution in [0.2, 0.25) is 0 Å². The number of benzene rings is 2. The molecule has 0 saturated heterocycles. The molecule has 0 fully saturated rings. The Morgan fingerprint density at radius 1 is 1.12 bits per heavy atom. The summed E-state index contributed by atoms with van der Waals surface area (Å²) in [6.07, 6.45) is 2.22. The van der Waals surface area contributed by atoms with Crippen LogP contribution in [0.4, 0.5) is 5.13 Å². The summed E-state index contributed by atoms with van der Waals surface area (Å²) >= 11 is 1.41. The summed E-state index contributed by atoms with van der Waals surface area (Å²) in [4.78, 5) is 16.5. The minimum absolute atomic E-state index is 0.0371. The molecule has 0 unspecified atom stereocenters. The lowest BCUT2D eigenvalue weighted by molar-refractivity contribution is -0.118. The van der Waals surface area contributed by atoms with Crippen molar-refractivity contribution in [1.29, 1.82) is 0 Å². The van der Waals surface area contributed by atoms with Gasteiger partial charge in [0.05, 0.1) is 5.69 Å². The van der Waals surface area contributed by atoms with Crippen LogP contribution in [0.1, 0.15) is 18.9 Å². The first kappa shape index (κ1) is 17.2. The summed E-state index contributed by atoms with van der Waals surface area (Å²) in [6.45, 7) is 2.13. The minimum Gasteiger partial charge on any atom is -0.484 e. The van der Waals surface area contributed by atoms with E-state index in [-0.39, 0.29) is 12.5 Å². The lowest BCUT2D eigenvalue weighted by Gasteiger charge is -2.05. The minimum atomic E-state index is -0.219. The topological polar surface area (TPSA) is 51.2 Å². The van der Waals surface area contributed by atoms with Crippen LogP contribution >= 0.6 is 11.3 Å². The molecule has 0 spiro atoms. The summed E-state index contributed by atoms with van der Waals surface area (Å²) in [5.74, 6) is 0.452. The number of aryl methyl sites for hydroxylation is 1. The molecule has 0 aliphatic rings. The lowest BCUT2D eigenvalue weighted by Crippen LogP contribution is -2.19. The van der Waals surface area contributed by atoms with Gasteiger partial charge in [0.1, 0.15) is 5.75 Å². The maximum absolute atomic E-state index is 12.0. The Kier molecular flexibility index (Phi) is 5.80. The molecule has 1 N–H and O–H groups in total. The van der Waals surface area contributed by atoms with E-state index in [2.05, 4.69) is 41.5 Å². The molecule has 5 heteroatoms. The summed E-state index contributed by atoms with van der Waals surface area (Å²) in [5, 5.41) is 5.30. The van der Waals surface area contributed by atoms with Crippen molar-refractivity contribution in [3.05, 3.63) is 65.5 Å².